The van der Waals surface area contributed by atoms with E-state index < -0.39 is 16.9 Å². The Labute approximate surface area is 173 Å². The van der Waals surface area contributed by atoms with Crippen LogP contribution in [-0.2, 0) is 17.3 Å². The number of imidazole rings is 1. The molecule has 0 fully saturated rings. The molecule has 2 N–H and O–H groups in total. The summed E-state index contributed by atoms with van der Waals surface area (Å²) in [5, 5.41) is 14.0. The molecule has 0 radical (unpaired) electrons. The molecule has 0 saturated heterocycles. The number of hydrogen-bond acceptors (Lipinski definition) is 5. The molecular weight excluding hydrogens is 406 g/mol. The molecule has 0 aliphatic heterocycles. The first-order valence-corrected chi connectivity index (χ1v) is 10.1. The molecule has 0 aliphatic carbocycles. The zero-order valence-corrected chi connectivity index (χ0v) is 16.4. The van der Waals surface area contributed by atoms with Crippen molar-refractivity contribution >= 4 is 22.5 Å². The highest BCUT2D eigenvalue weighted by molar-refractivity contribution is 7.73. The number of rotatable bonds is 7. The SMILES string of the molecule is O=C(O)c1cncn1-n1cc(Cc2ccc(N[SH](=O)=O)cc2)c(-c2ccccc2)n1. The van der Waals surface area contributed by atoms with Gasteiger partial charge < -0.3 is 5.11 Å². The summed E-state index contributed by atoms with van der Waals surface area (Å²) in [5.74, 6) is -1.11. The lowest BCUT2D eigenvalue weighted by molar-refractivity contribution is 0.0682. The zero-order chi connectivity index (χ0) is 21.1. The number of carboxylic acid groups (broad SMARTS) is 1. The number of aromatic nitrogens is 4. The van der Waals surface area contributed by atoms with Crippen LogP contribution >= 0.6 is 0 Å². The van der Waals surface area contributed by atoms with Crippen LogP contribution in [0.1, 0.15) is 21.6 Å². The summed E-state index contributed by atoms with van der Waals surface area (Å²) >= 11 is 0. The minimum Gasteiger partial charge on any atom is -0.476 e. The standard InChI is InChI=1S/C20H17N5O4S/c26-20(27)18-11-21-13-24(18)25-12-16(19(22-25)15-4-2-1-3-5-15)10-14-6-8-17(9-7-14)23-30(28)29/h1-9,11-13,30H,10H2,(H,26,27)(H,23,28,29). The van der Waals surface area contributed by atoms with E-state index in [0.29, 0.717) is 17.8 Å². The van der Waals surface area contributed by atoms with E-state index in [1.54, 1.807) is 18.3 Å². The van der Waals surface area contributed by atoms with Crippen molar-refractivity contribution < 1.29 is 18.3 Å². The van der Waals surface area contributed by atoms with Crippen molar-refractivity contribution in [1.29, 1.82) is 0 Å². The van der Waals surface area contributed by atoms with Gasteiger partial charge in [-0.25, -0.2) is 22.9 Å². The van der Waals surface area contributed by atoms with Crippen molar-refractivity contribution in [3.63, 3.8) is 0 Å². The van der Waals surface area contributed by atoms with E-state index in [0.717, 1.165) is 16.7 Å². The van der Waals surface area contributed by atoms with Crippen LogP contribution in [-0.4, -0.2) is 39.0 Å². The normalized spacial score (nSPS) is 11.0. The summed E-state index contributed by atoms with van der Waals surface area (Å²) in [6.45, 7) is 0. The van der Waals surface area contributed by atoms with Gasteiger partial charge in [0, 0.05) is 23.2 Å². The molecule has 0 atom stereocenters. The van der Waals surface area contributed by atoms with E-state index in [4.69, 9.17) is 0 Å². The van der Waals surface area contributed by atoms with Crippen LogP contribution in [0.4, 0.5) is 5.69 Å². The van der Waals surface area contributed by atoms with Crippen molar-refractivity contribution in [2.45, 2.75) is 6.42 Å². The molecular formula is C20H17N5O4S. The van der Waals surface area contributed by atoms with Gasteiger partial charge in [0.05, 0.1) is 18.1 Å². The maximum Gasteiger partial charge on any atom is 0.356 e. The summed E-state index contributed by atoms with van der Waals surface area (Å²) in [6, 6.07) is 16.6. The van der Waals surface area contributed by atoms with Gasteiger partial charge in [-0.3, -0.25) is 4.72 Å². The minimum absolute atomic E-state index is 0.00851. The molecule has 4 aromatic rings. The maximum atomic E-state index is 11.5. The molecule has 0 spiro atoms. The van der Waals surface area contributed by atoms with Crippen LogP contribution in [0.5, 0.6) is 0 Å². The van der Waals surface area contributed by atoms with E-state index in [2.05, 4.69) is 14.8 Å². The van der Waals surface area contributed by atoms with Gasteiger partial charge in [0.2, 0.25) is 10.9 Å². The first kappa shape index (κ1) is 19.4. The average molecular weight is 423 g/mol. The van der Waals surface area contributed by atoms with Crippen molar-refractivity contribution in [2.24, 2.45) is 0 Å². The Morgan fingerprint density at radius 3 is 2.47 bits per heavy atom. The number of carboxylic acids is 1. The molecule has 152 valence electrons. The van der Waals surface area contributed by atoms with Crippen molar-refractivity contribution in [2.75, 3.05) is 4.72 Å². The predicted molar refractivity (Wildman–Crippen MR) is 111 cm³/mol. The number of nitrogens with zero attached hydrogens (tertiary/aromatic N) is 4. The van der Waals surface area contributed by atoms with Gasteiger partial charge in [-0.1, -0.05) is 42.5 Å². The average Bonchev–Trinajstić information content (AvgIpc) is 3.37. The highest BCUT2D eigenvalue weighted by Crippen LogP contribution is 2.25. The van der Waals surface area contributed by atoms with E-state index in [9.17, 15) is 18.3 Å². The lowest BCUT2D eigenvalue weighted by atomic mass is 10.0. The number of benzene rings is 2. The third-order valence-corrected chi connectivity index (χ3v) is 4.89. The molecule has 4 rings (SSSR count). The molecule has 0 bridgehead atoms. The van der Waals surface area contributed by atoms with Gasteiger partial charge in [-0.05, 0) is 17.7 Å². The van der Waals surface area contributed by atoms with Crippen LogP contribution in [0, 0.1) is 0 Å². The van der Waals surface area contributed by atoms with E-state index in [1.165, 1.54) is 22.0 Å². The number of thiol groups is 1. The lowest BCUT2D eigenvalue weighted by Gasteiger charge is -2.04. The van der Waals surface area contributed by atoms with Crippen molar-refractivity contribution in [1.82, 2.24) is 19.5 Å². The molecule has 30 heavy (non-hydrogen) atoms. The monoisotopic (exact) mass is 423 g/mol. The Balaban J connectivity index is 1.73. The van der Waals surface area contributed by atoms with Gasteiger partial charge in [0.15, 0.2) is 5.69 Å². The molecule has 0 unspecified atom stereocenters. The van der Waals surface area contributed by atoms with Crippen LogP contribution < -0.4 is 4.72 Å². The number of hydrogen-bond donors (Lipinski definition) is 3. The van der Waals surface area contributed by atoms with Crippen molar-refractivity contribution in [3.05, 3.63) is 90.1 Å². The second-order valence-electron chi connectivity index (χ2n) is 6.46. The molecule has 0 saturated carbocycles. The fourth-order valence-electron chi connectivity index (χ4n) is 3.10. The molecule has 10 heteroatoms. The molecule has 2 heterocycles. The van der Waals surface area contributed by atoms with Gasteiger partial charge in [-0.15, -0.1) is 0 Å². The topological polar surface area (TPSA) is 119 Å². The largest absolute Gasteiger partial charge is 0.476 e. The van der Waals surface area contributed by atoms with Crippen LogP contribution in [0.25, 0.3) is 11.3 Å². The summed E-state index contributed by atoms with van der Waals surface area (Å²) in [7, 11) is -2.72. The summed E-state index contributed by atoms with van der Waals surface area (Å²) in [5.41, 5.74) is 3.91. The fourth-order valence-corrected chi connectivity index (χ4v) is 3.46. The minimum atomic E-state index is -2.72. The molecule has 9 nitrogen and oxygen atoms in total. The fraction of sp³-hybridized carbons (Fsp3) is 0.0500. The Morgan fingerprint density at radius 2 is 1.80 bits per heavy atom. The van der Waals surface area contributed by atoms with Gasteiger partial charge in [0.25, 0.3) is 0 Å². The second-order valence-corrected chi connectivity index (χ2v) is 7.20. The third-order valence-electron chi connectivity index (χ3n) is 4.45. The molecule has 2 aromatic carbocycles. The highest BCUT2D eigenvalue weighted by atomic mass is 32.2. The zero-order valence-electron chi connectivity index (χ0n) is 15.5. The lowest BCUT2D eigenvalue weighted by Crippen LogP contribution is -2.15. The molecule has 2 aromatic heterocycles. The number of aromatic carboxylic acids is 1. The van der Waals surface area contributed by atoms with Crippen LogP contribution in [0.2, 0.25) is 0 Å². The van der Waals surface area contributed by atoms with Gasteiger partial charge in [0.1, 0.15) is 6.33 Å². The quantitative estimate of drug-likeness (QED) is 0.393. The summed E-state index contributed by atoms with van der Waals surface area (Å²) in [6.07, 6.45) is 4.93. The van der Waals surface area contributed by atoms with Crippen molar-refractivity contribution in [3.8, 4) is 11.3 Å². The van der Waals surface area contributed by atoms with Gasteiger partial charge in [-0.2, -0.15) is 9.89 Å². The summed E-state index contributed by atoms with van der Waals surface area (Å²) < 4.78 is 25.3. The Bertz CT molecular complexity index is 1250. The van der Waals surface area contributed by atoms with E-state index in [1.807, 2.05) is 42.5 Å². The highest BCUT2D eigenvalue weighted by Gasteiger charge is 2.16. The number of carbonyl (C=O) groups is 1. The molecule has 0 aliphatic rings. The Hall–Kier alpha value is -3.92. The molecule has 0 amide bonds. The second kappa shape index (κ2) is 8.21. The van der Waals surface area contributed by atoms with Crippen LogP contribution in [0.15, 0.2) is 73.3 Å². The predicted octanol–water partition coefficient (Wildman–Crippen LogP) is 2.29. The smallest absolute Gasteiger partial charge is 0.356 e. The third kappa shape index (κ3) is 4.08. The van der Waals surface area contributed by atoms with E-state index >= 15 is 0 Å². The Kier molecular flexibility index (Phi) is 5.31. The maximum absolute atomic E-state index is 11.5. The number of anilines is 1. The van der Waals surface area contributed by atoms with Gasteiger partial charge >= 0.3 is 5.97 Å². The first-order valence-electron chi connectivity index (χ1n) is 8.91. The first-order chi connectivity index (χ1) is 14.5. The van der Waals surface area contributed by atoms with E-state index in [-0.39, 0.29) is 5.69 Å². The summed E-state index contributed by atoms with van der Waals surface area (Å²) in [4.78, 5) is 16.8. The van der Waals surface area contributed by atoms with Crippen LogP contribution in [0.3, 0.4) is 0 Å². The number of nitrogens with one attached hydrogen (secondary N) is 1. The Morgan fingerprint density at radius 1 is 1.07 bits per heavy atom.